The summed E-state index contributed by atoms with van der Waals surface area (Å²) in [5.74, 6) is -2.91. The van der Waals surface area contributed by atoms with Gasteiger partial charge in [-0.15, -0.1) is 13.2 Å². The minimum absolute atomic E-state index is 0.0352. The van der Waals surface area contributed by atoms with Gasteiger partial charge in [0.15, 0.2) is 0 Å². The van der Waals surface area contributed by atoms with Crippen LogP contribution in [0.5, 0.6) is 5.75 Å². The van der Waals surface area contributed by atoms with Gasteiger partial charge >= 0.3 is 12.3 Å². The summed E-state index contributed by atoms with van der Waals surface area (Å²) in [5.41, 5.74) is -0.740. The molecule has 0 aliphatic rings. The third-order valence-electron chi connectivity index (χ3n) is 3.53. The summed E-state index contributed by atoms with van der Waals surface area (Å²) in [6.07, 6.45) is -4.95. The number of carbonyl (C=O) groups is 1. The van der Waals surface area contributed by atoms with E-state index in [1.54, 1.807) is 0 Å². The lowest BCUT2D eigenvalue weighted by atomic mass is 10.2. The van der Waals surface area contributed by atoms with E-state index in [0.29, 0.717) is 3.97 Å². The average molecular weight is 403 g/mol. The quantitative estimate of drug-likeness (QED) is 0.673. The second-order valence-corrected chi connectivity index (χ2v) is 7.11. The van der Waals surface area contributed by atoms with Crippen molar-refractivity contribution < 1.29 is 40.6 Å². The smallest absolute Gasteiger partial charge is 0.477 e. The van der Waals surface area contributed by atoms with Crippen LogP contribution in [-0.2, 0) is 10.0 Å². The van der Waals surface area contributed by atoms with Crippen LogP contribution in [0.15, 0.2) is 53.4 Å². The molecule has 0 amide bonds. The molecule has 3 rings (SSSR count). The number of carboxylic acids is 1. The van der Waals surface area contributed by atoms with E-state index in [4.69, 9.17) is 0 Å². The first-order valence-corrected chi connectivity index (χ1v) is 8.59. The van der Waals surface area contributed by atoms with Crippen LogP contribution in [0.3, 0.4) is 0 Å². The molecular formula is C16H9F4NO5S. The fourth-order valence-electron chi connectivity index (χ4n) is 2.49. The number of fused-ring (bicyclic) bond motifs is 1. The Morgan fingerprint density at radius 3 is 2.22 bits per heavy atom. The maximum absolute atomic E-state index is 13.4. The van der Waals surface area contributed by atoms with E-state index in [9.17, 15) is 35.9 Å². The average Bonchev–Trinajstić information content (AvgIpc) is 2.93. The number of aromatic nitrogens is 1. The lowest BCUT2D eigenvalue weighted by Gasteiger charge is -2.12. The van der Waals surface area contributed by atoms with Gasteiger partial charge in [-0.1, -0.05) is 0 Å². The number of alkyl halides is 3. The molecule has 0 saturated carbocycles. The van der Waals surface area contributed by atoms with E-state index in [0.717, 1.165) is 48.5 Å². The van der Waals surface area contributed by atoms with Gasteiger partial charge in [-0.2, -0.15) is 0 Å². The first-order chi connectivity index (χ1) is 12.5. The molecule has 0 atom stereocenters. The molecule has 0 spiro atoms. The molecule has 0 aliphatic heterocycles. The van der Waals surface area contributed by atoms with E-state index in [2.05, 4.69) is 4.74 Å². The summed E-state index contributed by atoms with van der Waals surface area (Å²) in [4.78, 5) is 11.0. The fourth-order valence-corrected chi connectivity index (χ4v) is 3.99. The van der Waals surface area contributed by atoms with Crippen LogP contribution >= 0.6 is 0 Å². The highest BCUT2D eigenvalue weighted by Gasteiger charge is 2.31. The molecule has 1 aromatic heterocycles. The Bertz CT molecular complexity index is 1130. The van der Waals surface area contributed by atoms with Gasteiger partial charge in [-0.05, 0) is 48.5 Å². The normalized spacial score (nSPS) is 12.3. The third kappa shape index (κ3) is 3.58. The molecule has 0 fully saturated rings. The van der Waals surface area contributed by atoms with Gasteiger partial charge in [0.25, 0.3) is 10.0 Å². The number of hydrogen-bond donors (Lipinski definition) is 1. The van der Waals surface area contributed by atoms with Crippen molar-refractivity contribution in [2.45, 2.75) is 11.3 Å². The Kier molecular flexibility index (Phi) is 4.34. The number of aromatic carboxylic acids is 1. The third-order valence-corrected chi connectivity index (χ3v) is 5.28. The number of benzene rings is 2. The summed E-state index contributed by atoms with van der Waals surface area (Å²) in [7, 11) is -4.49. The van der Waals surface area contributed by atoms with Crippen molar-refractivity contribution in [2.75, 3.05) is 0 Å². The van der Waals surface area contributed by atoms with E-state index in [-0.39, 0.29) is 10.9 Å². The van der Waals surface area contributed by atoms with Crippen LogP contribution in [0, 0.1) is 5.82 Å². The lowest BCUT2D eigenvalue weighted by Crippen LogP contribution is -2.19. The molecule has 27 heavy (non-hydrogen) atoms. The molecule has 0 bridgehead atoms. The van der Waals surface area contributed by atoms with Crippen molar-refractivity contribution in [3.05, 3.63) is 60.0 Å². The lowest BCUT2D eigenvalue weighted by molar-refractivity contribution is -0.274. The van der Waals surface area contributed by atoms with Crippen molar-refractivity contribution >= 4 is 26.9 Å². The molecule has 142 valence electrons. The Morgan fingerprint density at radius 2 is 1.67 bits per heavy atom. The Labute approximate surface area is 149 Å². The number of nitrogens with zero attached hydrogens (tertiary/aromatic N) is 1. The summed E-state index contributed by atoms with van der Waals surface area (Å²) in [6, 6.07) is 7.26. The summed E-state index contributed by atoms with van der Waals surface area (Å²) in [6.45, 7) is 0. The zero-order valence-electron chi connectivity index (χ0n) is 13.1. The molecular weight excluding hydrogens is 394 g/mol. The van der Waals surface area contributed by atoms with Crippen LogP contribution in [0.1, 0.15) is 10.5 Å². The van der Waals surface area contributed by atoms with Gasteiger partial charge < -0.3 is 9.84 Å². The van der Waals surface area contributed by atoms with Gasteiger partial charge in [0.05, 0.1) is 10.4 Å². The van der Waals surface area contributed by atoms with Crippen molar-refractivity contribution in [2.24, 2.45) is 0 Å². The summed E-state index contributed by atoms with van der Waals surface area (Å²) < 4.78 is 79.9. The topological polar surface area (TPSA) is 85.6 Å². The molecule has 1 N–H and O–H groups in total. The van der Waals surface area contributed by atoms with E-state index in [1.165, 1.54) is 0 Å². The summed E-state index contributed by atoms with van der Waals surface area (Å²) in [5, 5.41) is 9.33. The zero-order chi connectivity index (χ0) is 20.0. The van der Waals surface area contributed by atoms with Crippen LogP contribution in [0.25, 0.3) is 10.9 Å². The molecule has 11 heteroatoms. The van der Waals surface area contributed by atoms with Gasteiger partial charge in [0.1, 0.15) is 17.3 Å². The monoisotopic (exact) mass is 403 g/mol. The van der Waals surface area contributed by atoms with Gasteiger partial charge in [-0.3, -0.25) is 0 Å². The molecule has 0 unspecified atom stereocenters. The Hall–Kier alpha value is -3.08. The maximum atomic E-state index is 13.4. The van der Waals surface area contributed by atoms with Crippen LogP contribution < -0.4 is 4.74 Å². The molecule has 0 radical (unpaired) electrons. The zero-order valence-corrected chi connectivity index (χ0v) is 13.9. The van der Waals surface area contributed by atoms with Crippen molar-refractivity contribution in [1.82, 2.24) is 3.97 Å². The molecule has 2 aromatic carbocycles. The highest BCUT2D eigenvalue weighted by molar-refractivity contribution is 7.90. The standard InChI is InChI=1S/C16H9F4NO5S/c17-10-1-6-13-9(7-10)8-14(15(22)23)21(13)27(24,25)12-4-2-11(3-5-12)26-16(18,19)20/h1-8H,(H,22,23). The Morgan fingerprint density at radius 1 is 1.04 bits per heavy atom. The number of halogens is 4. The highest BCUT2D eigenvalue weighted by atomic mass is 32.2. The Balaban J connectivity index is 2.15. The maximum Gasteiger partial charge on any atom is 0.573 e. The number of carboxylic acid groups (broad SMARTS) is 1. The SMILES string of the molecule is O=C(O)c1cc2cc(F)ccc2n1S(=O)(=O)c1ccc(OC(F)(F)F)cc1. The predicted molar refractivity (Wildman–Crippen MR) is 84.6 cm³/mol. The first kappa shape index (κ1) is 18.7. The van der Waals surface area contributed by atoms with Gasteiger partial charge in [0.2, 0.25) is 0 Å². The van der Waals surface area contributed by atoms with Crippen LogP contribution in [0.2, 0.25) is 0 Å². The minimum Gasteiger partial charge on any atom is -0.477 e. The molecule has 6 nitrogen and oxygen atoms in total. The molecule has 1 heterocycles. The van der Waals surface area contributed by atoms with Crippen molar-refractivity contribution in [3.8, 4) is 5.75 Å². The fraction of sp³-hybridized carbons (Fsp3) is 0.0625. The van der Waals surface area contributed by atoms with E-state index in [1.807, 2.05) is 0 Å². The highest BCUT2D eigenvalue weighted by Crippen LogP contribution is 2.29. The van der Waals surface area contributed by atoms with E-state index >= 15 is 0 Å². The second kappa shape index (κ2) is 6.27. The number of rotatable bonds is 4. The van der Waals surface area contributed by atoms with Gasteiger partial charge in [0, 0.05) is 5.39 Å². The van der Waals surface area contributed by atoms with E-state index < -0.39 is 44.5 Å². The van der Waals surface area contributed by atoms with Crippen LogP contribution in [-0.4, -0.2) is 29.8 Å². The van der Waals surface area contributed by atoms with Crippen LogP contribution in [0.4, 0.5) is 17.6 Å². The van der Waals surface area contributed by atoms with Crippen molar-refractivity contribution in [3.63, 3.8) is 0 Å². The van der Waals surface area contributed by atoms with Gasteiger partial charge in [-0.25, -0.2) is 21.6 Å². The van der Waals surface area contributed by atoms with Crippen molar-refractivity contribution in [1.29, 1.82) is 0 Å². The molecule has 3 aromatic rings. The predicted octanol–water partition coefficient (Wildman–Crippen LogP) is 3.61. The number of hydrogen-bond acceptors (Lipinski definition) is 4. The minimum atomic E-state index is -4.95. The molecule has 0 saturated heterocycles. The first-order valence-electron chi connectivity index (χ1n) is 7.15. The second-order valence-electron chi connectivity index (χ2n) is 5.33. The summed E-state index contributed by atoms with van der Waals surface area (Å²) >= 11 is 0. The number of ether oxygens (including phenoxy) is 1. The molecule has 0 aliphatic carbocycles. The largest absolute Gasteiger partial charge is 0.573 e.